The Morgan fingerprint density at radius 1 is 1.20 bits per heavy atom. The predicted octanol–water partition coefficient (Wildman–Crippen LogP) is 3.40. The fourth-order valence-corrected chi connectivity index (χ4v) is 2.11. The quantitative estimate of drug-likeness (QED) is 0.419. The third kappa shape index (κ3) is 1.85. The molecule has 0 unspecified atom stereocenters. The maximum absolute atomic E-state index is 5.56. The van der Waals surface area contributed by atoms with Crippen molar-refractivity contribution in [2.75, 3.05) is 5.73 Å². The van der Waals surface area contributed by atoms with Gasteiger partial charge in [0.1, 0.15) is 0 Å². The summed E-state index contributed by atoms with van der Waals surface area (Å²) in [4.78, 5) is 0. The zero-order chi connectivity index (χ0) is 7.72. The van der Waals surface area contributed by atoms with E-state index in [1.807, 2.05) is 12.1 Å². The lowest BCUT2D eigenvalue weighted by Gasteiger charge is -2.00. The highest BCUT2D eigenvalue weighted by Gasteiger charge is 2.01. The first-order chi connectivity index (χ1) is 4.61. The summed E-state index contributed by atoms with van der Waals surface area (Å²) < 4.78 is 3.20. The van der Waals surface area contributed by atoms with E-state index in [1.54, 1.807) is 0 Å². The molecule has 0 spiro atoms. The molecule has 0 saturated heterocycles. The second-order valence-corrected chi connectivity index (χ2v) is 4.59. The summed E-state index contributed by atoms with van der Waals surface area (Å²) in [5, 5.41) is 0. The van der Waals surface area contributed by atoms with E-state index in [0.717, 1.165) is 18.2 Å². The van der Waals surface area contributed by atoms with Gasteiger partial charge in [-0.1, -0.05) is 0 Å². The van der Waals surface area contributed by atoms with Gasteiger partial charge in [0.2, 0.25) is 0 Å². The molecule has 0 aliphatic heterocycles. The van der Waals surface area contributed by atoms with Gasteiger partial charge in [-0.05, 0) is 66.6 Å². The number of nitrogens with two attached hydrogens (primary N) is 1. The van der Waals surface area contributed by atoms with Crippen molar-refractivity contribution in [3.63, 3.8) is 0 Å². The Bertz CT molecular complexity index is 239. The third-order valence-corrected chi connectivity index (χ3v) is 4.90. The van der Waals surface area contributed by atoms with Crippen LogP contribution in [0.15, 0.2) is 21.1 Å². The van der Waals surface area contributed by atoms with Crippen molar-refractivity contribution in [2.24, 2.45) is 0 Å². The maximum atomic E-state index is 5.56. The van der Waals surface area contributed by atoms with E-state index in [2.05, 4.69) is 54.5 Å². The van der Waals surface area contributed by atoms with Crippen molar-refractivity contribution >= 4 is 60.1 Å². The Morgan fingerprint density at radius 2 is 1.60 bits per heavy atom. The Kier molecular flexibility index (Phi) is 3.00. The molecular formula is C6H4Br2IN. The van der Waals surface area contributed by atoms with Crippen molar-refractivity contribution in [3.8, 4) is 0 Å². The van der Waals surface area contributed by atoms with Crippen LogP contribution in [0.4, 0.5) is 5.69 Å². The average Bonchev–Trinajstić information content (AvgIpc) is 1.82. The zero-order valence-electron chi connectivity index (χ0n) is 4.87. The Balaban J connectivity index is 3.31. The van der Waals surface area contributed by atoms with Crippen LogP contribution in [0.3, 0.4) is 0 Å². The van der Waals surface area contributed by atoms with Crippen LogP contribution in [-0.4, -0.2) is 0 Å². The summed E-state index contributed by atoms with van der Waals surface area (Å²) >= 11 is 8.99. The molecule has 0 aromatic heterocycles. The number of anilines is 1. The molecule has 10 heavy (non-hydrogen) atoms. The summed E-state index contributed by atoms with van der Waals surface area (Å²) in [6, 6.07) is 3.76. The molecule has 0 fully saturated rings. The number of halogens is 3. The fraction of sp³-hybridized carbons (Fsp3) is 0. The van der Waals surface area contributed by atoms with Crippen molar-refractivity contribution in [1.82, 2.24) is 0 Å². The molecule has 0 aliphatic carbocycles. The van der Waals surface area contributed by atoms with Gasteiger partial charge in [-0.3, -0.25) is 0 Å². The lowest BCUT2D eigenvalue weighted by atomic mass is 10.3. The van der Waals surface area contributed by atoms with Gasteiger partial charge in [-0.15, -0.1) is 0 Å². The lowest BCUT2D eigenvalue weighted by molar-refractivity contribution is 1.53. The summed E-state index contributed by atoms with van der Waals surface area (Å²) in [6.07, 6.45) is 0. The van der Waals surface area contributed by atoms with E-state index in [-0.39, 0.29) is 0 Å². The summed E-state index contributed by atoms with van der Waals surface area (Å²) in [5.41, 5.74) is 6.33. The van der Waals surface area contributed by atoms with Crippen molar-refractivity contribution in [1.29, 1.82) is 0 Å². The number of nitrogen functional groups attached to an aromatic ring is 1. The Morgan fingerprint density at radius 3 is 2.00 bits per heavy atom. The topological polar surface area (TPSA) is 26.0 Å². The molecule has 0 saturated carbocycles. The summed E-state index contributed by atoms with van der Waals surface area (Å²) in [7, 11) is 0. The van der Waals surface area contributed by atoms with Crippen LogP contribution in [0.1, 0.15) is 0 Å². The van der Waals surface area contributed by atoms with E-state index in [0.29, 0.717) is 0 Å². The number of hydrogen-bond donors (Lipinski definition) is 1. The van der Waals surface area contributed by atoms with Crippen LogP contribution < -0.4 is 5.73 Å². The highest BCUT2D eigenvalue weighted by molar-refractivity contribution is 14.1. The SMILES string of the molecule is Nc1cc(Br)c(I)c(Br)c1. The normalized spacial score (nSPS) is 9.90. The van der Waals surface area contributed by atoms with Crippen LogP contribution in [0.25, 0.3) is 0 Å². The van der Waals surface area contributed by atoms with E-state index >= 15 is 0 Å². The van der Waals surface area contributed by atoms with Gasteiger partial charge in [-0.25, -0.2) is 0 Å². The number of hydrogen-bond acceptors (Lipinski definition) is 1. The van der Waals surface area contributed by atoms with Crippen molar-refractivity contribution in [3.05, 3.63) is 24.6 Å². The molecule has 1 aromatic rings. The van der Waals surface area contributed by atoms with Gasteiger partial charge in [0.15, 0.2) is 0 Å². The molecule has 0 amide bonds. The second-order valence-electron chi connectivity index (χ2n) is 1.80. The second kappa shape index (κ2) is 3.40. The Hall–Kier alpha value is 0.710. The lowest BCUT2D eigenvalue weighted by Crippen LogP contribution is -1.86. The molecule has 0 aliphatic rings. The van der Waals surface area contributed by atoms with Gasteiger partial charge >= 0.3 is 0 Å². The Labute approximate surface area is 89.8 Å². The minimum atomic E-state index is 0.763. The first-order valence-electron chi connectivity index (χ1n) is 2.51. The molecule has 0 atom stereocenters. The molecule has 1 nitrogen and oxygen atoms in total. The largest absolute Gasteiger partial charge is 0.399 e. The molecular weight excluding hydrogens is 373 g/mol. The molecule has 0 bridgehead atoms. The number of benzene rings is 1. The van der Waals surface area contributed by atoms with Crippen molar-refractivity contribution < 1.29 is 0 Å². The first-order valence-corrected chi connectivity index (χ1v) is 5.18. The highest BCUT2D eigenvalue weighted by atomic mass is 127. The van der Waals surface area contributed by atoms with E-state index in [4.69, 9.17) is 5.73 Å². The number of rotatable bonds is 0. The van der Waals surface area contributed by atoms with E-state index in [1.165, 1.54) is 0 Å². The molecule has 0 heterocycles. The monoisotopic (exact) mass is 375 g/mol. The molecule has 0 radical (unpaired) electrons. The molecule has 4 heteroatoms. The standard InChI is InChI=1S/C6H4Br2IN/c7-4-1-3(10)2-5(8)6(4)9/h1-2H,10H2. The first kappa shape index (κ1) is 8.80. The van der Waals surface area contributed by atoms with Crippen LogP contribution >= 0.6 is 54.5 Å². The molecule has 1 aromatic carbocycles. The zero-order valence-corrected chi connectivity index (χ0v) is 10.2. The predicted molar refractivity (Wildman–Crippen MR) is 59.0 cm³/mol. The van der Waals surface area contributed by atoms with Crippen LogP contribution in [0.2, 0.25) is 0 Å². The van der Waals surface area contributed by atoms with Crippen molar-refractivity contribution in [2.45, 2.75) is 0 Å². The maximum Gasteiger partial charge on any atom is 0.0416 e. The molecule has 2 N–H and O–H groups in total. The van der Waals surface area contributed by atoms with Gasteiger partial charge in [0.05, 0.1) is 0 Å². The van der Waals surface area contributed by atoms with E-state index in [9.17, 15) is 0 Å². The summed E-state index contributed by atoms with van der Waals surface area (Å²) in [5.74, 6) is 0. The van der Waals surface area contributed by atoms with Crippen LogP contribution in [0, 0.1) is 3.57 Å². The van der Waals surface area contributed by atoms with Gasteiger partial charge in [-0.2, -0.15) is 0 Å². The van der Waals surface area contributed by atoms with Gasteiger partial charge in [0.25, 0.3) is 0 Å². The van der Waals surface area contributed by atoms with Crippen LogP contribution in [-0.2, 0) is 0 Å². The fourth-order valence-electron chi connectivity index (χ4n) is 0.575. The van der Waals surface area contributed by atoms with Gasteiger partial charge < -0.3 is 5.73 Å². The van der Waals surface area contributed by atoms with Crippen LogP contribution in [0.5, 0.6) is 0 Å². The smallest absolute Gasteiger partial charge is 0.0416 e. The van der Waals surface area contributed by atoms with E-state index < -0.39 is 0 Å². The third-order valence-electron chi connectivity index (χ3n) is 1.01. The minimum absolute atomic E-state index is 0.763. The molecule has 54 valence electrons. The van der Waals surface area contributed by atoms with Gasteiger partial charge in [0, 0.05) is 18.2 Å². The molecule has 1 rings (SSSR count). The summed E-state index contributed by atoms with van der Waals surface area (Å²) in [6.45, 7) is 0. The average molecular weight is 377 g/mol. The highest BCUT2D eigenvalue weighted by Crippen LogP contribution is 2.29. The minimum Gasteiger partial charge on any atom is -0.399 e.